The molecule has 3 aromatic heterocycles. The Labute approximate surface area is 205 Å². The summed E-state index contributed by atoms with van der Waals surface area (Å²) < 4.78 is 2.27. The molecule has 0 saturated heterocycles. The van der Waals surface area contributed by atoms with Crippen LogP contribution in [0.3, 0.4) is 0 Å². The van der Waals surface area contributed by atoms with Crippen molar-refractivity contribution in [3.63, 3.8) is 0 Å². The second kappa shape index (κ2) is 9.52. The summed E-state index contributed by atoms with van der Waals surface area (Å²) in [7, 11) is 0. The lowest BCUT2D eigenvalue weighted by Gasteiger charge is -2.13. The third-order valence-electron chi connectivity index (χ3n) is 5.73. The molecule has 0 radical (unpaired) electrons. The first-order valence-corrected chi connectivity index (χ1v) is 12.9. The number of hydrogen-bond acceptors (Lipinski definition) is 6. The Balaban J connectivity index is 1.56. The Morgan fingerprint density at radius 3 is 2.53 bits per heavy atom. The van der Waals surface area contributed by atoms with Crippen molar-refractivity contribution in [1.82, 2.24) is 14.5 Å². The summed E-state index contributed by atoms with van der Waals surface area (Å²) in [6, 6.07) is 21.3. The van der Waals surface area contributed by atoms with E-state index in [1.807, 2.05) is 30.3 Å². The van der Waals surface area contributed by atoms with Crippen molar-refractivity contribution in [2.45, 2.75) is 31.5 Å². The van der Waals surface area contributed by atoms with Gasteiger partial charge in [-0.15, -0.1) is 11.3 Å². The van der Waals surface area contributed by atoms with E-state index in [1.54, 1.807) is 22.9 Å². The van der Waals surface area contributed by atoms with E-state index in [-0.39, 0.29) is 17.1 Å². The van der Waals surface area contributed by atoms with E-state index >= 15 is 0 Å². The first-order valence-electron chi connectivity index (χ1n) is 11.1. The number of rotatable bonds is 7. The number of Topliss-reactive ketones (excluding diaryl/α,β-unsaturated/α-hetero) is 1. The SMILES string of the molecule is CC(C)c1ccc(Cn2c(SCC(=O)c3ccccc3)nc3c(sc4ncccc43)c2=O)cc1. The van der Waals surface area contributed by atoms with Gasteiger partial charge in [-0.3, -0.25) is 14.2 Å². The molecule has 0 spiro atoms. The van der Waals surface area contributed by atoms with Gasteiger partial charge in [-0.25, -0.2) is 9.97 Å². The molecule has 0 fully saturated rings. The van der Waals surface area contributed by atoms with Gasteiger partial charge in [0.1, 0.15) is 9.53 Å². The zero-order chi connectivity index (χ0) is 23.7. The number of aromatic nitrogens is 3. The number of fused-ring (bicyclic) bond motifs is 3. The van der Waals surface area contributed by atoms with Gasteiger partial charge in [0.05, 0.1) is 17.8 Å². The van der Waals surface area contributed by atoms with Crippen LogP contribution >= 0.6 is 23.1 Å². The standard InChI is InChI=1S/C27H23N3O2S2/c1-17(2)19-12-10-18(11-13-19)15-30-26(32)24-23(21-9-6-14-28-25(21)34-24)29-27(30)33-16-22(31)20-7-4-3-5-8-20/h3-14,17H,15-16H2,1-2H3. The van der Waals surface area contributed by atoms with E-state index in [0.29, 0.717) is 33.4 Å². The maximum absolute atomic E-state index is 13.6. The Hall–Kier alpha value is -3.29. The molecule has 0 atom stereocenters. The molecule has 34 heavy (non-hydrogen) atoms. The molecule has 0 aliphatic heterocycles. The van der Waals surface area contributed by atoms with E-state index in [2.05, 4.69) is 43.1 Å². The lowest BCUT2D eigenvalue weighted by molar-refractivity contribution is 0.102. The average molecular weight is 486 g/mol. The second-order valence-electron chi connectivity index (χ2n) is 8.40. The van der Waals surface area contributed by atoms with Gasteiger partial charge in [-0.1, -0.05) is 80.2 Å². The van der Waals surface area contributed by atoms with Crippen molar-refractivity contribution in [3.05, 3.63) is 100.0 Å². The van der Waals surface area contributed by atoms with Crippen LogP contribution in [0, 0.1) is 0 Å². The number of hydrogen-bond donors (Lipinski definition) is 0. The highest BCUT2D eigenvalue weighted by atomic mass is 32.2. The molecule has 2 aromatic carbocycles. The van der Waals surface area contributed by atoms with Gasteiger partial charge >= 0.3 is 0 Å². The minimum atomic E-state index is -0.101. The van der Waals surface area contributed by atoms with E-state index in [0.717, 1.165) is 15.8 Å². The van der Waals surface area contributed by atoms with Gasteiger partial charge in [-0.2, -0.15) is 0 Å². The molecule has 3 heterocycles. The number of benzene rings is 2. The normalized spacial score (nSPS) is 11.5. The summed E-state index contributed by atoms with van der Waals surface area (Å²) >= 11 is 2.67. The number of carbonyl (C=O) groups is 1. The third-order valence-corrected chi connectivity index (χ3v) is 7.80. The maximum atomic E-state index is 13.6. The van der Waals surface area contributed by atoms with Gasteiger partial charge in [0.25, 0.3) is 5.56 Å². The van der Waals surface area contributed by atoms with Crippen molar-refractivity contribution in [2.24, 2.45) is 0 Å². The molecule has 0 unspecified atom stereocenters. The van der Waals surface area contributed by atoms with Crippen LogP contribution in [0.2, 0.25) is 0 Å². The Bertz CT molecular complexity index is 1540. The number of thiophene rings is 1. The molecular formula is C27H23N3O2S2. The summed E-state index contributed by atoms with van der Waals surface area (Å²) in [4.78, 5) is 36.5. The largest absolute Gasteiger partial charge is 0.293 e. The fraction of sp³-hybridized carbons (Fsp3) is 0.185. The number of pyridine rings is 1. The molecule has 170 valence electrons. The van der Waals surface area contributed by atoms with Crippen LogP contribution in [0.25, 0.3) is 20.4 Å². The molecule has 5 rings (SSSR count). The molecule has 0 saturated carbocycles. The summed E-state index contributed by atoms with van der Waals surface area (Å²) in [6.07, 6.45) is 1.72. The zero-order valence-electron chi connectivity index (χ0n) is 18.9. The Morgan fingerprint density at radius 1 is 1.03 bits per heavy atom. The van der Waals surface area contributed by atoms with Crippen molar-refractivity contribution < 1.29 is 4.79 Å². The number of carbonyl (C=O) groups excluding carboxylic acids is 1. The molecule has 0 aliphatic carbocycles. The monoisotopic (exact) mass is 485 g/mol. The second-order valence-corrected chi connectivity index (χ2v) is 10.3. The van der Waals surface area contributed by atoms with Gasteiger partial charge in [0, 0.05) is 17.1 Å². The van der Waals surface area contributed by atoms with Crippen molar-refractivity contribution in [3.8, 4) is 0 Å². The summed E-state index contributed by atoms with van der Waals surface area (Å²) in [5, 5.41) is 1.41. The number of thioether (sulfide) groups is 1. The van der Waals surface area contributed by atoms with Crippen LogP contribution < -0.4 is 5.56 Å². The van der Waals surface area contributed by atoms with Gasteiger partial charge < -0.3 is 0 Å². The number of nitrogens with zero attached hydrogens (tertiary/aromatic N) is 3. The third kappa shape index (κ3) is 4.41. The van der Waals surface area contributed by atoms with Crippen LogP contribution in [0.1, 0.15) is 41.3 Å². The summed E-state index contributed by atoms with van der Waals surface area (Å²) in [6.45, 7) is 4.71. The molecule has 0 N–H and O–H groups in total. The maximum Gasteiger partial charge on any atom is 0.272 e. The molecular weight excluding hydrogens is 462 g/mol. The highest BCUT2D eigenvalue weighted by Crippen LogP contribution is 2.31. The van der Waals surface area contributed by atoms with E-state index in [1.165, 1.54) is 28.7 Å². The fourth-order valence-corrected chi connectivity index (χ4v) is 5.74. The average Bonchev–Trinajstić information content (AvgIpc) is 3.24. The quantitative estimate of drug-likeness (QED) is 0.157. The highest BCUT2D eigenvalue weighted by Gasteiger charge is 2.18. The molecule has 0 amide bonds. The van der Waals surface area contributed by atoms with Crippen molar-refractivity contribution >= 4 is 49.3 Å². The smallest absolute Gasteiger partial charge is 0.272 e. The van der Waals surface area contributed by atoms with Crippen LogP contribution in [-0.2, 0) is 6.54 Å². The first-order chi connectivity index (χ1) is 16.5. The van der Waals surface area contributed by atoms with Crippen molar-refractivity contribution in [1.29, 1.82) is 0 Å². The summed E-state index contributed by atoms with van der Waals surface area (Å²) in [5.74, 6) is 0.648. The van der Waals surface area contributed by atoms with E-state index in [9.17, 15) is 9.59 Å². The minimum absolute atomic E-state index is 0.00428. The lowest BCUT2D eigenvalue weighted by Crippen LogP contribution is -2.23. The topological polar surface area (TPSA) is 64.8 Å². The van der Waals surface area contributed by atoms with Crippen LogP contribution in [0.4, 0.5) is 0 Å². The first kappa shape index (κ1) is 22.5. The Kier molecular flexibility index (Phi) is 6.30. The summed E-state index contributed by atoms with van der Waals surface area (Å²) in [5.41, 5.74) is 3.47. The van der Waals surface area contributed by atoms with Gasteiger partial charge in [-0.05, 0) is 29.2 Å². The molecule has 0 aliphatic rings. The highest BCUT2D eigenvalue weighted by molar-refractivity contribution is 7.99. The molecule has 0 bridgehead atoms. The van der Waals surface area contributed by atoms with E-state index in [4.69, 9.17) is 4.98 Å². The fourth-order valence-electron chi connectivity index (χ4n) is 3.82. The van der Waals surface area contributed by atoms with Crippen molar-refractivity contribution in [2.75, 3.05) is 5.75 Å². The molecule has 7 heteroatoms. The predicted octanol–water partition coefficient (Wildman–Crippen LogP) is 6.15. The molecule has 5 nitrogen and oxygen atoms in total. The molecule has 5 aromatic rings. The minimum Gasteiger partial charge on any atom is -0.293 e. The number of ketones is 1. The van der Waals surface area contributed by atoms with Crippen LogP contribution in [-0.4, -0.2) is 26.1 Å². The van der Waals surface area contributed by atoms with Crippen LogP contribution in [0.15, 0.2) is 82.9 Å². The predicted molar refractivity (Wildman–Crippen MR) is 140 cm³/mol. The zero-order valence-corrected chi connectivity index (χ0v) is 20.5. The van der Waals surface area contributed by atoms with Gasteiger partial charge in [0.2, 0.25) is 0 Å². The lowest BCUT2D eigenvalue weighted by atomic mass is 10.0. The Morgan fingerprint density at radius 2 is 1.79 bits per heavy atom. The van der Waals surface area contributed by atoms with Crippen LogP contribution in [0.5, 0.6) is 0 Å². The van der Waals surface area contributed by atoms with Gasteiger partial charge in [0.15, 0.2) is 10.9 Å². The van der Waals surface area contributed by atoms with E-state index < -0.39 is 0 Å².